The van der Waals surface area contributed by atoms with E-state index in [4.69, 9.17) is 4.74 Å². The molecule has 0 spiro atoms. The molecule has 0 unspecified atom stereocenters. The number of hydrogen-bond acceptors (Lipinski definition) is 2. The quantitative estimate of drug-likeness (QED) is 0.482. The van der Waals surface area contributed by atoms with Crippen LogP contribution in [0.3, 0.4) is 0 Å². The standard InChI is InChI=1S/C14H12.C6H14O.C3H9N/c1-3-7-13(8-4-1)11-12-14-9-5-2-6-10-14;1-3-5-6-7-4-2;1-4(2)3/h1-12H;3-6H2,1-2H3;1-3H3/b12-11+;;. The molecule has 0 N–H and O–H groups in total. The zero-order valence-electron chi connectivity index (χ0n) is 16.6. The fourth-order valence-electron chi connectivity index (χ4n) is 1.71. The molecule has 0 heterocycles. The lowest BCUT2D eigenvalue weighted by Crippen LogP contribution is -1.99. The van der Waals surface area contributed by atoms with Gasteiger partial charge in [-0.2, -0.15) is 0 Å². The van der Waals surface area contributed by atoms with Crippen molar-refractivity contribution < 1.29 is 4.74 Å². The van der Waals surface area contributed by atoms with Gasteiger partial charge in [0.15, 0.2) is 0 Å². The van der Waals surface area contributed by atoms with Crippen LogP contribution < -0.4 is 0 Å². The summed E-state index contributed by atoms with van der Waals surface area (Å²) in [6, 6.07) is 20.6. The molecule has 0 amide bonds. The Hall–Kier alpha value is -1.90. The molecule has 2 nitrogen and oxygen atoms in total. The number of hydrogen-bond donors (Lipinski definition) is 0. The van der Waals surface area contributed by atoms with Crippen LogP contribution in [0.1, 0.15) is 37.8 Å². The average molecular weight is 342 g/mol. The second-order valence-corrected chi connectivity index (χ2v) is 6.05. The molecule has 0 radical (unpaired) electrons. The lowest BCUT2D eigenvalue weighted by Gasteiger charge is -1.94. The maximum atomic E-state index is 5.07. The summed E-state index contributed by atoms with van der Waals surface area (Å²) in [6.45, 7) is 5.99. The molecule has 2 aromatic carbocycles. The van der Waals surface area contributed by atoms with Gasteiger partial charge in [0, 0.05) is 13.2 Å². The van der Waals surface area contributed by atoms with E-state index in [1.165, 1.54) is 24.0 Å². The van der Waals surface area contributed by atoms with Gasteiger partial charge in [0.1, 0.15) is 0 Å². The number of rotatable bonds is 6. The third-order valence-corrected chi connectivity index (χ3v) is 2.91. The van der Waals surface area contributed by atoms with E-state index in [9.17, 15) is 0 Å². The third-order valence-electron chi connectivity index (χ3n) is 2.91. The smallest absolute Gasteiger partial charge is 0.0465 e. The van der Waals surface area contributed by atoms with E-state index in [0.717, 1.165) is 13.2 Å². The van der Waals surface area contributed by atoms with Gasteiger partial charge in [-0.05, 0) is 45.6 Å². The first-order valence-electron chi connectivity index (χ1n) is 9.07. The molecule has 25 heavy (non-hydrogen) atoms. The summed E-state index contributed by atoms with van der Waals surface area (Å²) in [5.41, 5.74) is 2.47. The summed E-state index contributed by atoms with van der Waals surface area (Å²) < 4.78 is 5.07. The van der Waals surface area contributed by atoms with Gasteiger partial charge in [0.2, 0.25) is 0 Å². The number of unbranched alkanes of at least 4 members (excludes halogenated alkanes) is 1. The number of nitrogens with zero attached hydrogens (tertiary/aromatic N) is 1. The van der Waals surface area contributed by atoms with Crippen LogP contribution in [0.5, 0.6) is 0 Å². The highest BCUT2D eigenvalue weighted by atomic mass is 16.5. The van der Waals surface area contributed by atoms with Gasteiger partial charge in [0.25, 0.3) is 0 Å². The van der Waals surface area contributed by atoms with Gasteiger partial charge < -0.3 is 9.64 Å². The van der Waals surface area contributed by atoms with E-state index in [1.807, 2.05) is 69.4 Å². The molecule has 0 aromatic heterocycles. The van der Waals surface area contributed by atoms with E-state index in [0.29, 0.717) is 0 Å². The van der Waals surface area contributed by atoms with Crippen LogP contribution in [-0.4, -0.2) is 39.3 Å². The Bertz CT molecular complexity index is 472. The summed E-state index contributed by atoms with van der Waals surface area (Å²) >= 11 is 0. The van der Waals surface area contributed by atoms with E-state index in [1.54, 1.807) is 0 Å². The molecule has 0 aliphatic rings. The predicted octanol–water partition coefficient (Wildman–Crippen LogP) is 5.86. The maximum absolute atomic E-state index is 5.07. The summed E-state index contributed by atoms with van der Waals surface area (Å²) in [5, 5.41) is 0. The molecular formula is C23H35NO. The van der Waals surface area contributed by atoms with Crippen LogP contribution in [0.4, 0.5) is 0 Å². The minimum Gasteiger partial charge on any atom is -0.382 e. The lowest BCUT2D eigenvalue weighted by molar-refractivity contribution is 0.144. The zero-order valence-corrected chi connectivity index (χ0v) is 16.6. The molecule has 0 aliphatic carbocycles. The van der Waals surface area contributed by atoms with E-state index >= 15 is 0 Å². The van der Waals surface area contributed by atoms with Crippen LogP contribution in [0, 0.1) is 0 Å². The van der Waals surface area contributed by atoms with Crippen molar-refractivity contribution in [1.29, 1.82) is 0 Å². The van der Waals surface area contributed by atoms with Crippen LogP contribution in [0.2, 0.25) is 0 Å². The Morgan fingerprint density at radius 3 is 1.48 bits per heavy atom. The first kappa shape index (κ1) is 23.1. The predicted molar refractivity (Wildman–Crippen MR) is 113 cm³/mol. The van der Waals surface area contributed by atoms with Gasteiger partial charge in [-0.3, -0.25) is 0 Å². The molecule has 2 aromatic rings. The minimum absolute atomic E-state index is 0.861. The summed E-state index contributed by atoms with van der Waals surface area (Å²) in [7, 11) is 6.00. The lowest BCUT2D eigenvalue weighted by atomic mass is 10.1. The first-order chi connectivity index (χ1) is 12.1. The first-order valence-corrected chi connectivity index (χ1v) is 9.07. The van der Waals surface area contributed by atoms with Gasteiger partial charge in [-0.25, -0.2) is 0 Å². The van der Waals surface area contributed by atoms with Crippen LogP contribution in [0.15, 0.2) is 60.7 Å². The van der Waals surface area contributed by atoms with Crippen LogP contribution >= 0.6 is 0 Å². The molecular weight excluding hydrogens is 306 g/mol. The molecule has 0 saturated carbocycles. The summed E-state index contributed by atoms with van der Waals surface area (Å²) in [5.74, 6) is 0. The van der Waals surface area contributed by atoms with Gasteiger partial charge in [-0.15, -0.1) is 0 Å². The SMILES string of the molecule is C(=C\c1ccccc1)/c1ccccc1.CCCCOCC.CN(C)C. The minimum atomic E-state index is 0.861. The summed E-state index contributed by atoms with van der Waals surface area (Å²) in [4.78, 5) is 2.00. The van der Waals surface area contributed by atoms with Crippen molar-refractivity contribution in [1.82, 2.24) is 4.90 Å². The molecule has 2 rings (SSSR count). The van der Waals surface area contributed by atoms with Gasteiger partial charge in [-0.1, -0.05) is 86.2 Å². The van der Waals surface area contributed by atoms with Crippen molar-refractivity contribution in [2.45, 2.75) is 26.7 Å². The van der Waals surface area contributed by atoms with Crippen molar-refractivity contribution in [3.63, 3.8) is 0 Å². The normalized spacial score (nSPS) is 10.0. The Morgan fingerprint density at radius 2 is 1.16 bits per heavy atom. The number of benzene rings is 2. The highest BCUT2D eigenvalue weighted by Gasteiger charge is 1.84. The Kier molecular flexibility index (Phi) is 15.7. The monoisotopic (exact) mass is 341 g/mol. The molecule has 0 saturated heterocycles. The number of ether oxygens (including phenoxy) is 1. The second kappa shape index (κ2) is 16.9. The van der Waals surface area contributed by atoms with Gasteiger partial charge in [0.05, 0.1) is 0 Å². The highest BCUT2D eigenvalue weighted by Crippen LogP contribution is 2.06. The molecule has 0 bridgehead atoms. The van der Waals surface area contributed by atoms with Crippen molar-refractivity contribution in [2.75, 3.05) is 34.4 Å². The van der Waals surface area contributed by atoms with Crippen LogP contribution in [-0.2, 0) is 4.74 Å². The molecule has 2 heteroatoms. The molecule has 0 fully saturated rings. The average Bonchev–Trinajstić information content (AvgIpc) is 2.62. The van der Waals surface area contributed by atoms with Crippen molar-refractivity contribution in [2.24, 2.45) is 0 Å². The third kappa shape index (κ3) is 16.7. The Balaban J connectivity index is 0.000000442. The fourth-order valence-corrected chi connectivity index (χ4v) is 1.71. The van der Waals surface area contributed by atoms with E-state index < -0.39 is 0 Å². The highest BCUT2D eigenvalue weighted by molar-refractivity contribution is 5.69. The van der Waals surface area contributed by atoms with Gasteiger partial charge >= 0.3 is 0 Å². The fraction of sp³-hybridized carbons (Fsp3) is 0.391. The molecule has 0 atom stereocenters. The van der Waals surface area contributed by atoms with Crippen LogP contribution in [0.25, 0.3) is 12.2 Å². The van der Waals surface area contributed by atoms with E-state index in [-0.39, 0.29) is 0 Å². The largest absolute Gasteiger partial charge is 0.382 e. The molecule has 138 valence electrons. The maximum Gasteiger partial charge on any atom is 0.0465 e. The topological polar surface area (TPSA) is 12.5 Å². The van der Waals surface area contributed by atoms with Crippen molar-refractivity contribution >= 4 is 12.2 Å². The van der Waals surface area contributed by atoms with Crippen molar-refractivity contribution in [3.8, 4) is 0 Å². The van der Waals surface area contributed by atoms with Crippen molar-refractivity contribution in [3.05, 3.63) is 71.8 Å². The Morgan fingerprint density at radius 1 is 0.760 bits per heavy atom. The Labute approximate surface area is 155 Å². The molecule has 0 aliphatic heterocycles. The van der Waals surface area contributed by atoms with E-state index in [2.05, 4.69) is 43.3 Å². The second-order valence-electron chi connectivity index (χ2n) is 6.05. The summed E-state index contributed by atoms with van der Waals surface area (Å²) in [6.07, 6.45) is 6.68. The zero-order chi connectivity index (χ0) is 18.8.